The quantitative estimate of drug-likeness (QED) is 0.508. The Labute approximate surface area is 203 Å². The number of piperazine rings is 1. The van der Waals surface area contributed by atoms with Gasteiger partial charge in [0.15, 0.2) is 23.0 Å². The van der Waals surface area contributed by atoms with Crippen molar-refractivity contribution in [1.82, 2.24) is 14.8 Å². The van der Waals surface area contributed by atoms with Crippen molar-refractivity contribution < 1.29 is 32.2 Å². The van der Waals surface area contributed by atoms with E-state index in [4.69, 9.17) is 19.6 Å². The molecule has 1 aromatic carbocycles. The van der Waals surface area contributed by atoms with Crippen LogP contribution in [0.1, 0.15) is 42.4 Å². The van der Waals surface area contributed by atoms with Crippen molar-refractivity contribution in [2.45, 2.75) is 45.4 Å². The molecule has 1 aliphatic carbocycles. The molecule has 0 radical (unpaired) electrons. The lowest BCUT2D eigenvalue weighted by atomic mass is 10.1. The summed E-state index contributed by atoms with van der Waals surface area (Å²) in [6, 6.07) is 4.64. The van der Waals surface area contributed by atoms with Gasteiger partial charge in [-0.1, -0.05) is 6.92 Å². The van der Waals surface area contributed by atoms with Crippen LogP contribution in [0.5, 0.6) is 11.5 Å². The van der Waals surface area contributed by atoms with Gasteiger partial charge in [0.2, 0.25) is 5.89 Å². The fraction of sp³-hybridized carbons (Fsp3) is 0.583. The summed E-state index contributed by atoms with van der Waals surface area (Å²) < 4.78 is 47.1. The Morgan fingerprint density at radius 2 is 2.09 bits per heavy atom. The third-order valence-corrected chi connectivity index (χ3v) is 6.32. The molecule has 2 heterocycles. The number of aromatic nitrogens is 1. The molecule has 2 N–H and O–H groups in total. The molecule has 9 nitrogen and oxygen atoms in total. The molecule has 2 aliphatic rings. The molecule has 192 valence electrons. The van der Waals surface area contributed by atoms with Crippen LogP contribution in [0.4, 0.5) is 8.78 Å². The summed E-state index contributed by atoms with van der Waals surface area (Å²) in [4.78, 5) is 21.8. The maximum atomic E-state index is 13.3. The van der Waals surface area contributed by atoms with E-state index in [2.05, 4.69) is 21.5 Å². The smallest absolute Gasteiger partial charge is 0.387 e. The minimum Gasteiger partial charge on any atom is -0.489 e. The number of nitrogens with zero attached hydrogens (tertiary/aromatic N) is 3. The summed E-state index contributed by atoms with van der Waals surface area (Å²) in [7, 11) is 1.66. The number of benzene rings is 1. The van der Waals surface area contributed by atoms with Gasteiger partial charge in [0.1, 0.15) is 0 Å². The summed E-state index contributed by atoms with van der Waals surface area (Å²) in [6.45, 7) is 1.79. The van der Waals surface area contributed by atoms with Gasteiger partial charge in [0.25, 0.3) is 5.91 Å². The van der Waals surface area contributed by atoms with Crippen molar-refractivity contribution in [3.05, 3.63) is 29.7 Å². The third kappa shape index (κ3) is 6.09. The first-order valence-corrected chi connectivity index (χ1v) is 11.9. The largest absolute Gasteiger partial charge is 0.489 e. The van der Waals surface area contributed by atoms with Crippen molar-refractivity contribution in [2.75, 3.05) is 40.1 Å². The van der Waals surface area contributed by atoms with E-state index in [1.807, 2.05) is 0 Å². The second-order valence-corrected chi connectivity index (χ2v) is 8.83. The summed E-state index contributed by atoms with van der Waals surface area (Å²) in [6.07, 6.45) is 2.97. The predicted molar refractivity (Wildman–Crippen MR) is 123 cm³/mol. The zero-order valence-electron chi connectivity index (χ0n) is 20.0. The summed E-state index contributed by atoms with van der Waals surface area (Å²) >= 11 is 0. The number of halogens is 2. The molecule has 1 saturated carbocycles. The van der Waals surface area contributed by atoms with Gasteiger partial charge in [0.05, 0.1) is 19.9 Å². The minimum absolute atomic E-state index is 0.00741. The second-order valence-electron chi connectivity index (χ2n) is 8.83. The molecule has 1 aromatic heterocycles. The second kappa shape index (κ2) is 11.3. The SMILES string of the molecule is CCC1CN(C(=O)c2nc(-c3ccc(OC(F)F)c(OCC4CC4)c3)oc2CN)CCN1COC. The molecule has 1 amide bonds. The van der Waals surface area contributed by atoms with E-state index in [1.165, 1.54) is 12.1 Å². The number of hydrogen-bond acceptors (Lipinski definition) is 8. The Morgan fingerprint density at radius 3 is 2.74 bits per heavy atom. The molecule has 0 bridgehead atoms. The Balaban J connectivity index is 1.56. The number of rotatable bonds is 11. The van der Waals surface area contributed by atoms with Crippen molar-refractivity contribution >= 4 is 5.91 Å². The number of hydrogen-bond donors (Lipinski definition) is 1. The van der Waals surface area contributed by atoms with Crippen LogP contribution in [0.3, 0.4) is 0 Å². The highest BCUT2D eigenvalue weighted by Gasteiger charge is 2.32. The first kappa shape index (κ1) is 25.3. The zero-order valence-corrected chi connectivity index (χ0v) is 20.0. The molecule has 0 spiro atoms. The van der Waals surface area contributed by atoms with Crippen LogP contribution in [0.15, 0.2) is 22.6 Å². The topological polar surface area (TPSA) is 103 Å². The van der Waals surface area contributed by atoms with E-state index in [0.717, 1.165) is 19.3 Å². The van der Waals surface area contributed by atoms with Crippen LogP contribution < -0.4 is 15.2 Å². The lowest BCUT2D eigenvalue weighted by molar-refractivity contribution is -0.0515. The number of nitrogens with two attached hydrogens (primary N) is 1. The van der Waals surface area contributed by atoms with Gasteiger partial charge in [-0.3, -0.25) is 9.69 Å². The highest BCUT2D eigenvalue weighted by atomic mass is 19.3. The van der Waals surface area contributed by atoms with Gasteiger partial charge in [-0.05, 0) is 43.4 Å². The van der Waals surface area contributed by atoms with Crippen LogP contribution in [0, 0.1) is 5.92 Å². The van der Waals surface area contributed by atoms with E-state index in [-0.39, 0.29) is 47.3 Å². The summed E-state index contributed by atoms with van der Waals surface area (Å²) in [5, 5.41) is 0. The first-order valence-electron chi connectivity index (χ1n) is 11.9. The Kier molecular flexibility index (Phi) is 8.19. The predicted octanol–water partition coefficient (Wildman–Crippen LogP) is 3.33. The van der Waals surface area contributed by atoms with Gasteiger partial charge in [-0.2, -0.15) is 8.78 Å². The lowest BCUT2D eigenvalue weighted by Gasteiger charge is -2.40. The van der Waals surface area contributed by atoms with Crippen molar-refractivity contribution in [2.24, 2.45) is 11.7 Å². The third-order valence-electron chi connectivity index (χ3n) is 6.32. The van der Waals surface area contributed by atoms with Gasteiger partial charge in [-0.15, -0.1) is 0 Å². The Morgan fingerprint density at radius 1 is 1.29 bits per heavy atom. The normalized spacial score (nSPS) is 18.8. The molecule has 1 atom stereocenters. The van der Waals surface area contributed by atoms with Crippen molar-refractivity contribution in [3.63, 3.8) is 0 Å². The minimum atomic E-state index is -2.98. The maximum absolute atomic E-state index is 13.3. The fourth-order valence-electron chi connectivity index (χ4n) is 4.17. The average Bonchev–Trinajstić information content (AvgIpc) is 3.59. The molecule has 11 heteroatoms. The number of methoxy groups -OCH3 is 1. The van der Waals surface area contributed by atoms with E-state index in [1.54, 1.807) is 18.1 Å². The Bertz CT molecular complexity index is 1010. The number of carbonyl (C=O) groups excluding carboxylic acids is 1. The average molecular weight is 495 g/mol. The van der Waals surface area contributed by atoms with Crippen molar-refractivity contribution in [3.8, 4) is 23.0 Å². The standard InChI is InChI=1S/C24H32F2N4O5/c1-3-17-12-29(8-9-30(17)14-32-2)23(31)21-20(11-27)34-22(28-21)16-6-7-18(35-24(25)26)19(10-16)33-13-15-4-5-15/h6-7,10,15,17,24H,3-5,8-9,11-14,27H2,1-2H3. The number of ether oxygens (including phenoxy) is 3. The summed E-state index contributed by atoms with van der Waals surface area (Å²) in [5.74, 6) is 0.716. The number of carbonyl (C=O) groups is 1. The highest BCUT2D eigenvalue weighted by Crippen LogP contribution is 2.36. The monoisotopic (exact) mass is 494 g/mol. The molecular formula is C24H32F2N4O5. The van der Waals surface area contributed by atoms with Crippen LogP contribution >= 0.6 is 0 Å². The van der Waals surface area contributed by atoms with Gasteiger partial charge in [-0.25, -0.2) is 4.98 Å². The fourth-order valence-corrected chi connectivity index (χ4v) is 4.17. The highest BCUT2D eigenvalue weighted by molar-refractivity contribution is 5.94. The Hall–Kier alpha value is -2.76. The molecule has 1 saturated heterocycles. The van der Waals surface area contributed by atoms with Crippen LogP contribution in [0.2, 0.25) is 0 Å². The van der Waals surface area contributed by atoms with E-state index < -0.39 is 6.61 Å². The van der Waals surface area contributed by atoms with Crippen molar-refractivity contribution in [1.29, 1.82) is 0 Å². The maximum Gasteiger partial charge on any atom is 0.387 e. The van der Waals surface area contributed by atoms with Gasteiger partial charge in [0, 0.05) is 38.3 Å². The lowest BCUT2D eigenvalue weighted by Crippen LogP contribution is -2.55. The van der Waals surface area contributed by atoms with Crippen LogP contribution in [-0.4, -0.2) is 73.4 Å². The molecule has 35 heavy (non-hydrogen) atoms. The molecule has 4 rings (SSSR count). The molecular weight excluding hydrogens is 462 g/mol. The number of oxazole rings is 1. The number of amides is 1. The zero-order chi connectivity index (χ0) is 24.9. The molecule has 2 aromatic rings. The molecule has 1 unspecified atom stereocenters. The van der Waals surface area contributed by atoms with Crippen LogP contribution in [-0.2, 0) is 11.3 Å². The van der Waals surface area contributed by atoms with E-state index in [9.17, 15) is 13.6 Å². The van der Waals surface area contributed by atoms with Gasteiger partial charge < -0.3 is 29.3 Å². The summed E-state index contributed by atoms with van der Waals surface area (Å²) in [5.41, 5.74) is 6.50. The van der Waals surface area contributed by atoms with E-state index in [0.29, 0.717) is 44.5 Å². The van der Waals surface area contributed by atoms with Gasteiger partial charge >= 0.3 is 6.61 Å². The molecule has 1 aliphatic heterocycles. The first-order chi connectivity index (χ1) is 16.9. The molecule has 2 fully saturated rings. The number of alkyl halides is 2. The van der Waals surface area contributed by atoms with E-state index >= 15 is 0 Å². The van der Waals surface area contributed by atoms with Crippen LogP contribution in [0.25, 0.3) is 11.5 Å².